The predicted octanol–water partition coefficient (Wildman–Crippen LogP) is 2.93. The number of anilines is 1. The molecular formula is C11H12F2N2. The van der Waals surface area contributed by atoms with Gasteiger partial charge >= 0.3 is 0 Å². The van der Waals surface area contributed by atoms with Crippen LogP contribution < -0.4 is 4.90 Å². The van der Waals surface area contributed by atoms with Crippen molar-refractivity contribution in [1.82, 2.24) is 0 Å². The zero-order chi connectivity index (χ0) is 10.8. The van der Waals surface area contributed by atoms with E-state index in [-0.39, 0.29) is 5.69 Å². The summed E-state index contributed by atoms with van der Waals surface area (Å²) in [5.41, 5.74) is 0.180. The number of halogens is 2. The molecule has 1 fully saturated rings. The van der Waals surface area contributed by atoms with Crippen LogP contribution >= 0.6 is 0 Å². The maximum Gasteiger partial charge on any atom is 0.182 e. The SMILES string of the molecule is N=C1CCCCN1c1cccc(F)c1F. The minimum atomic E-state index is -0.857. The van der Waals surface area contributed by atoms with Crippen LogP contribution in [0.3, 0.4) is 0 Å². The number of hydrogen-bond donors (Lipinski definition) is 1. The summed E-state index contributed by atoms with van der Waals surface area (Å²) in [5, 5.41) is 7.69. The van der Waals surface area contributed by atoms with Crippen molar-refractivity contribution in [2.24, 2.45) is 0 Å². The van der Waals surface area contributed by atoms with Gasteiger partial charge in [0.25, 0.3) is 0 Å². The van der Waals surface area contributed by atoms with E-state index in [2.05, 4.69) is 0 Å². The second kappa shape index (κ2) is 3.96. The Balaban J connectivity index is 2.35. The molecule has 0 atom stereocenters. The first kappa shape index (κ1) is 10.1. The van der Waals surface area contributed by atoms with Gasteiger partial charge in [-0.3, -0.25) is 5.41 Å². The van der Waals surface area contributed by atoms with Gasteiger partial charge in [-0.2, -0.15) is 0 Å². The fraction of sp³-hybridized carbons (Fsp3) is 0.364. The molecule has 0 aromatic heterocycles. The first-order valence-corrected chi connectivity index (χ1v) is 4.99. The van der Waals surface area contributed by atoms with Crippen molar-refractivity contribution in [3.8, 4) is 0 Å². The molecule has 0 amide bonds. The Labute approximate surface area is 87.0 Å². The van der Waals surface area contributed by atoms with Gasteiger partial charge < -0.3 is 4.90 Å². The highest BCUT2D eigenvalue weighted by molar-refractivity contribution is 5.96. The fourth-order valence-corrected chi connectivity index (χ4v) is 1.80. The molecule has 1 aromatic carbocycles. The van der Waals surface area contributed by atoms with E-state index in [1.54, 1.807) is 4.90 Å². The molecule has 4 heteroatoms. The van der Waals surface area contributed by atoms with E-state index in [4.69, 9.17) is 5.41 Å². The summed E-state index contributed by atoms with van der Waals surface area (Å²) in [5.74, 6) is -1.35. The molecule has 0 bridgehead atoms. The highest BCUT2D eigenvalue weighted by Crippen LogP contribution is 2.25. The molecule has 0 unspecified atom stereocenters. The molecule has 15 heavy (non-hydrogen) atoms. The topological polar surface area (TPSA) is 27.1 Å². The van der Waals surface area contributed by atoms with Crippen LogP contribution in [0.25, 0.3) is 0 Å². The largest absolute Gasteiger partial charge is 0.328 e. The molecular weight excluding hydrogens is 198 g/mol. The van der Waals surface area contributed by atoms with Crippen LogP contribution in [-0.4, -0.2) is 12.4 Å². The Hall–Kier alpha value is -1.45. The van der Waals surface area contributed by atoms with E-state index in [1.165, 1.54) is 12.1 Å². The third kappa shape index (κ3) is 1.84. The van der Waals surface area contributed by atoms with Crippen LogP contribution in [0.2, 0.25) is 0 Å². The molecule has 80 valence electrons. The summed E-state index contributed by atoms with van der Waals surface area (Å²) in [7, 11) is 0. The van der Waals surface area contributed by atoms with Crippen molar-refractivity contribution in [1.29, 1.82) is 5.41 Å². The van der Waals surface area contributed by atoms with E-state index in [9.17, 15) is 8.78 Å². The molecule has 0 saturated carbocycles. The third-order valence-electron chi connectivity index (χ3n) is 2.59. The first-order valence-electron chi connectivity index (χ1n) is 4.99. The normalized spacial score (nSPS) is 16.9. The summed E-state index contributed by atoms with van der Waals surface area (Å²) >= 11 is 0. The minimum Gasteiger partial charge on any atom is -0.328 e. The molecule has 0 spiro atoms. The Morgan fingerprint density at radius 1 is 1.20 bits per heavy atom. The smallest absolute Gasteiger partial charge is 0.182 e. The molecule has 2 nitrogen and oxygen atoms in total. The summed E-state index contributed by atoms with van der Waals surface area (Å²) < 4.78 is 26.4. The van der Waals surface area contributed by atoms with Crippen molar-refractivity contribution in [2.75, 3.05) is 11.4 Å². The second-order valence-electron chi connectivity index (χ2n) is 3.63. The van der Waals surface area contributed by atoms with Gasteiger partial charge in [-0.15, -0.1) is 0 Å². The Morgan fingerprint density at radius 2 is 2.00 bits per heavy atom. The lowest BCUT2D eigenvalue weighted by Crippen LogP contribution is -2.35. The zero-order valence-electron chi connectivity index (χ0n) is 8.26. The number of benzene rings is 1. The molecule has 1 aliphatic heterocycles. The number of amidine groups is 1. The molecule has 1 N–H and O–H groups in total. The van der Waals surface area contributed by atoms with E-state index in [0.717, 1.165) is 18.9 Å². The molecule has 0 aliphatic carbocycles. The van der Waals surface area contributed by atoms with Crippen LogP contribution in [0.1, 0.15) is 19.3 Å². The van der Waals surface area contributed by atoms with Crippen molar-refractivity contribution in [3.63, 3.8) is 0 Å². The van der Waals surface area contributed by atoms with Gasteiger partial charge in [-0.05, 0) is 25.0 Å². The van der Waals surface area contributed by atoms with E-state index in [0.29, 0.717) is 18.8 Å². The number of piperidine rings is 1. The molecule has 1 saturated heterocycles. The quantitative estimate of drug-likeness (QED) is 0.758. The predicted molar refractivity (Wildman–Crippen MR) is 55.3 cm³/mol. The monoisotopic (exact) mass is 210 g/mol. The van der Waals surface area contributed by atoms with Crippen molar-refractivity contribution < 1.29 is 8.78 Å². The van der Waals surface area contributed by atoms with Gasteiger partial charge in [-0.25, -0.2) is 8.78 Å². The fourth-order valence-electron chi connectivity index (χ4n) is 1.80. The highest BCUT2D eigenvalue weighted by atomic mass is 19.2. The maximum atomic E-state index is 13.4. The number of rotatable bonds is 1. The summed E-state index contributed by atoms with van der Waals surface area (Å²) in [6, 6.07) is 4.07. The first-order chi connectivity index (χ1) is 7.20. The van der Waals surface area contributed by atoms with Gasteiger partial charge in [0.1, 0.15) is 5.84 Å². The van der Waals surface area contributed by atoms with Gasteiger partial charge in [0.2, 0.25) is 0 Å². The lowest BCUT2D eigenvalue weighted by molar-refractivity contribution is 0.507. The third-order valence-corrected chi connectivity index (χ3v) is 2.59. The maximum absolute atomic E-state index is 13.4. The van der Waals surface area contributed by atoms with Gasteiger partial charge in [0.05, 0.1) is 5.69 Å². The van der Waals surface area contributed by atoms with Crippen molar-refractivity contribution >= 4 is 11.5 Å². The lowest BCUT2D eigenvalue weighted by atomic mass is 10.1. The Morgan fingerprint density at radius 3 is 2.73 bits per heavy atom. The minimum absolute atomic E-state index is 0.180. The molecule has 1 heterocycles. The lowest BCUT2D eigenvalue weighted by Gasteiger charge is -2.29. The molecule has 2 rings (SSSR count). The molecule has 1 aromatic rings. The summed E-state index contributed by atoms with van der Waals surface area (Å²) in [6.45, 7) is 0.596. The number of nitrogens with one attached hydrogen (secondary N) is 1. The van der Waals surface area contributed by atoms with Gasteiger partial charge in [0, 0.05) is 13.0 Å². The van der Waals surface area contributed by atoms with Gasteiger partial charge in [-0.1, -0.05) is 6.07 Å². The van der Waals surface area contributed by atoms with Crippen LogP contribution in [0.15, 0.2) is 18.2 Å². The van der Waals surface area contributed by atoms with Crippen LogP contribution in [0.4, 0.5) is 14.5 Å². The summed E-state index contributed by atoms with van der Waals surface area (Å²) in [6.07, 6.45) is 2.50. The van der Waals surface area contributed by atoms with E-state index in [1.807, 2.05) is 0 Å². The second-order valence-corrected chi connectivity index (χ2v) is 3.63. The van der Waals surface area contributed by atoms with E-state index >= 15 is 0 Å². The summed E-state index contributed by atoms with van der Waals surface area (Å²) in [4.78, 5) is 1.54. The Bertz CT molecular complexity index is 390. The van der Waals surface area contributed by atoms with E-state index < -0.39 is 11.6 Å². The molecule has 1 aliphatic rings. The van der Waals surface area contributed by atoms with Gasteiger partial charge in [0.15, 0.2) is 11.6 Å². The molecule has 0 radical (unpaired) electrons. The van der Waals surface area contributed by atoms with Crippen molar-refractivity contribution in [3.05, 3.63) is 29.8 Å². The standard InChI is InChI=1S/C11H12F2N2/c12-8-4-3-5-9(11(8)13)15-7-2-1-6-10(15)14/h3-5,14H,1-2,6-7H2. The van der Waals surface area contributed by atoms with Crippen LogP contribution in [0.5, 0.6) is 0 Å². The van der Waals surface area contributed by atoms with Crippen molar-refractivity contribution in [2.45, 2.75) is 19.3 Å². The average molecular weight is 210 g/mol. The number of nitrogens with zero attached hydrogens (tertiary/aromatic N) is 1. The zero-order valence-corrected chi connectivity index (χ0v) is 8.26. The van der Waals surface area contributed by atoms with Crippen LogP contribution in [-0.2, 0) is 0 Å². The Kier molecular flexibility index (Phi) is 2.66. The highest BCUT2D eigenvalue weighted by Gasteiger charge is 2.20. The van der Waals surface area contributed by atoms with Crippen LogP contribution in [0, 0.1) is 17.0 Å². The average Bonchev–Trinajstić information content (AvgIpc) is 2.23. The number of hydrogen-bond acceptors (Lipinski definition) is 1.